The largest absolute Gasteiger partial charge is 0.388 e. The van der Waals surface area contributed by atoms with Gasteiger partial charge in [0, 0.05) is 29.1 Å². The molecule has 0 bridgehead atoms. The fourth-order valence-electron chi connectivity index (χ4n) is 3.94. The standard InChI is InChI=1S/C22H27Cl2FN6O/c1-12(22(2,3)32)31-20(24)19(10-27-31)29-21-26-9-13-7-16(23)15(8-18(13)28-21)14-5-6-30(4)11-17(14)25/h7-10,12,14,17,32H,5-6,11H2,1-4H3,(H,26,28,29)/t12-,14-,17-/m1/s1. The second-order valence-electron chi connectivity index (χ2n) is 9.05. The van der Waals surface area contributed by atoms with E-state index in [4.69, 9.17) is 23.2 Å². The van der Waals surface area contributed by atoms with Gasteiger partial charge in [0.05, 0.1) is 29.0 Å². The molecule has 1 aliphatic heterocycles. The topological polar surface area (TPSA) is 79.1 Å². The zero-order valence-corrected chi connectivity index (χ0v) is 20.0. The number of nitrogens with zero attached hydrogens (tertiary/aromatic N) is 5. The van der Waals surface area contributed by atoms with Crippen molar-refractivity contribution >= 4 is 45.7 Å². The minimum absolute atomic E-state index is 0.259. The highest BCUT2D eigenvalue weighted by Crippen LogP contribution is 2.37. The van der Waals surface area contributed by atoms with E-state index in [1.165, 1.54) is 0 Å². The van der Waals surface area contributed by atoms with E-state index < -0.39 is 11.8 Å². The Hall–Kier alpha value is -2.00. The molecule has 3 atom stereocenters. The van der Waals surface area contributed by atoms with Crippen molar-refractivity contribution in [3.05, 3.63) is 40.3 Å². The number of aromatic nitrogens is 4. The first-order valence-electron chi connectivity index (χ1n) is 10.6. The Morgan fingerprint density at radius 1 is 1.28 bits per heavy atom. The third kappa shape index (κ3) is 4.55. The Morgan fingerprint density at radius 2 is 2.03 bits per heavy atom. The zero-order chi connectivity index (χ0) is 23.2. The van der Waals surface area contributed by atoms with Gasteiger partial charge in [-0.3, -0.25) is 0 Å². The highest BCUT2D eigenvalue weighted by Gasteiger charge is 2.31. The maximum Gasteiger partial charge on any atom is 0.227 e. The summed E-state index contributed by atoms with van der Waals surface area (Å²) in [5.41, 5.74) is 0.968. The summed E-state index contributed by atoms with van der Waals surface area (Å²) in [6.45, 7) is 6.44. The summed E-state index contributed by atoms with van der Waals surface area (Å²) >= 11 is 13.0. The predicted molar refractivity (Wildman–Crippen MR) is 126 cm³/mol. The van der Waals surface area contributed by atoms with Crippen LogP contribution in [0.15, 0.2) is 24.5 Å². The third-order valence-electron chi connectivity index (χ3n) is 6.21. The van der Waals surface area contributed by atoms with Crippen molar-refractivity contribution in [2.75, 3.05) is 25.5 Å². The van der Waals surface area contributed by atoms with E-state index in [-0.39, 0.29) is 12.0 Å². The van der Waals surface area contributed by atoms with Crippen molar-refractivity contribution in [2.24, 2.45) is 0 Å². The van der Waals surface area contributed by atoms with Crippen LogP contribution in [-0.2, 0) is 0 Å². The fraction of sp³-hybridized carbons (Fsp3) is 0.500. The number of alkyl halides is 1. The lowest BCUT2D eigenvalue weighted by molar-refractivity contribution is 0.0259. The van der Waals surface area contributed by atoms with Gasteiger partial charge >= 0.3 is 0 Å². The minimum Gasteiger partial charge on any atom is -0.388 e. The summed E-state index contributed by atoms with van der Waals surface area (Å²) < 4.78 is 16.3. The van der Waals surface area contributed by atoms with Crippen molar-refractivity contribution in [3.8, 4) is 0 Å². The van der Waals surface area contributed by atoms with Crippen molar-refractivity contribution in [2.45, 2.75) is 50.9 Å². The highest BCUT2D eigenvalue weighted by molar-refractivity contribution is 6.32. The van der Waals surface area contributed by atoms with E-state index in [0.29, 0.717) is 40.3 Å². The minimum atomic E-state index is -0.996. The first kappa shape index (κ1) is 23.2. The van der Waals surface area contributed by atoms with Crippen LogP contribution in [0.1, 0.15) is 44.7 Å². The van der Waals surface area contributed by atoms with E-state index in [9.17, 15) is 9.50 Å². The van der Waals surface area contributed by atoms with Gasteiger partial charge in [0.2, 0.25) is 5.95 Å². The van der Waals surface area contributed by atoms with Gasteiger partial charge in [-0.15, -0.1) is 0 Å². The van der Waals surface area contributed by atoms with Crippen LogP contribution in [0.4, 0.5) is 16.0 Å². The molecule has 1 saturated heterocycles. The van der Waals surface area contributed by atoms with Crippen LogP contribution < -0.4 is 5.32 Å². The SMILES string of the molecule is C[C@@H](n1ncc(Nc2ncc3cc(Cl)c([C@H]4CCN(C)C[C@H]4F)cc3n2)c1Cl)C(C)(C)O. The number of anilines is 2. The van der Waals surface area contributed by atoms with Crippen molar-refractivity contribution in [1.29, 1.82) is 0 Å². The van der Waals surface area contributed by atoms with Gasteiger partial charge in [-0.05, 0) is 58.5 Å². The average Bonchev–Trinajstić information content (AvgIpc) is 3.07. The Morgan fingerprint density at radius 3 is 2.72 bits per heavy atom. The van der Waals surface area contributed by atoms with E-state index in [1.54, 1.807) is 37.0 Å². The molecule has 3 heterocycles. The maximum atomic E-state index is 14.7. The Bertz CT molecular complexity index is 1130. The quantitative estimate of drug-likeness (QED) is 0.536. The molecule has 7 nitrogen and oxygen atoms in total. The average molecular weight is 481 g/mol. The second-order valence-corrected chi connectivity index (χ2v) is 9.81. The normalized spacial score (nSPS) is 21.1. The lowest BCUT2D eigenvalue weighted by Crippen LogP contribution is -2.38. The van der Waals surface area contributed by atoms with Gasteiger partial charge in [-0.25, -0.2) is 19.0 Å². The van der Waals surface area contributed by atoms with E-state index >= 15 is 0 Å². The molecule has 0 saturated carbocycles. The molecule has 1 aromatic carbocycles. The van der Waals surface area contributed by atoms with Crippen LogP contribution in [0.3, 0.4) is 0 Å². The second kappa shape index (κ2) is 8.74. The number of aliphatic hydroxyl groups is 1. The molecule has 0 radical (unpaired) electrons. The number of piperidine rings is 1. The Labute approximate surface area is 196 Å². The molecule has 1 fully saturated rings. The predicted octanol–water partition coefficient (Wildman–Crippen LogP) is 4.97. The van der Waals surface area contributed by atoms with Gasteiger partial charge in [-0.1, -0.05) is 23.2 Å². The number of halogens is 3. The summed E-state index contributed by atoms with van der Waals surface area (Å²) in [5.74, 6) is 0.0776. The molecule has 2 aromatic heterocycles. The molecular weight excluding hydrogens is 454 g/mol. The van der Waals surface area contributed by atoms with Crippen LogP contribution >= 0.6 is 23.2 Å². The molecule has 0 unspecified atom stereocenters. The van der Waals surface area contributed by atoms with Crippen molar-refractivity contribution in [3.63, 3.8) is 0 Å². The molecule has 2 N–H and O–H groups in total. The van der Waals surface area contributed by atoms with Gasteiger partial charge in [0.1, 0.15) is 6.17 Å². The van der Waals surface area contributed by atoms with E-state index in [1.807, 2.05) is 24.9 Å². The fourth-order valence-corrected chi connectivity index (χ4v) is 4.54. The van der Waals surface area contributed by atoms with Crippen molar-refractivity contribution < 1.29 is 9.50 Å². The smallest absolute Gasteiger partial charge is 0.227 e. The molecular formula is C22H27Cl2FN6O. The lowest BCUT2D eigenvalue weighted by atomic mass is 9.87. The summed E-state index contributed by atoms with van der Waals surface area (Å²) in [7, 11) is 1.92. The first-order chi connectivity index (χ1) is 15.0. The summed E-state index contributed by atoms with van der Waals surface area (Å²) in [5, 5.41) is 19.3. The zero-order valence-electron chi connectivity index (χ0n) is 18.5. The van der Waals surface area contributed by atoms with Crippen LogP contribution in [-0.4, -0.2) is 61.7 Å². The Balaban J connectivity index is 1.63. The molecule has 0 spiro atoms. The molecule has 0 aliphatic carbocycles. The number of fused-ring (bicyclic) bond motifs is 1. The molecule has 1 aliphatic rings. The van der Waals surface area contributed by atoms with Crippen molar-refractivity contribution in [1.82, 2.24) is 24.6 Å². The highest BCUT2D eigenvalue weighted by atomic mass is 35.5. The van der Waals surface area contributed by atoms with Gasteiger partial charge in [-0.2, -0.15) is 5.10 Å². The van der Waals surface area contributed by atoms with Gasteiger partial charge < -0.3 is 15.3 Å². The third-order valence-corrected chi connectivity index (χ3v) is 6.92. The molecule has 0 amide bonds. The van der Waals surface area contributed by atoms with Crippen LogP contribution in [0.25, 0.3) is 10.9 Å². The number of rotatable bonds is 5. The number of hydrogen-bond acceptors (Lipinski definition) is 6. The summed E-state index contributed by atoms with van der Waals surface area (Å²) in [4.78, 5) is 10.9. The Kier molecular flexibility index (Phi) is 6.33. The molecule has 172 valence electrons. The molecule has 32 heavy (non-hydrogen) atoms. The van der Waals surface area contributed by atoms with Crippen LogP contribution in [0.5, 0.6) is 0 Å². The van der Waals surface area contributed by atoms with Gasteiger partial charge in [0.15, 0.2) is 5.15 Å². The molecule has 4 rings (SSSR count). The number of benzene rings is 1. The summed E-state index contributed by atoms with van der Waals surface area (Å²) in [6, 6.07) is 3.31. The monoisotopic (exact) mass is 480 g/mol. The molecule has 3 aromatic rings. The first-order valence-corrected chi connectivity index (χ1v) is 11.3. The number of hydrogen-bond donors (Lipinski definition) is 2. The van der Waals surface area contributed by atoms with Gasteiger partial charge in [0.25, 0.3) is 0 Å². The lowest BCUT2D eigenvalue weighted by Gasteiger charge is -2.33. The van der Waals surface area contributed by atoms with Crippen LogP contribution in [0.2, 0.25) is 10.2 Å². The maximum absolute atomic E-state index is 14.7. The van der Waals surface area contributed by atoms with Crippen LogP contribution in [0, 0.1) is 0 Å². The number of nitrogens with one attached hydrogen (secondary N) is 1. The summed E-state index contributed by atoms with van der Waals surface area (Å²) in [6.07, 6.45) is 2.95. The van der Waals surface area contributed by atoms with E-state index in [0.717, 1.165) is 17.5 Å². The number of likely N-dealkylation sites (tertiary alicyclic amines) is 1. The van der Waals surface area contributed by atoms with E-state index in [2.05, 4.69) is 20.4 Å². The molecule has 10 heteroatoms.